The van der Waals surface area contributed by atoms with Crippen LogP contribution in [0.5, 0.6) is 0 Å². The average molecular weight is 286 g/mol. The fourth-order valence-corrected chi connectivity index (χ4v) is 3.27. The second-order valence-corrected chi connectivity index (χ2v) is 6.19. The van der Waals surface area contributed by atoms with Gasteiger partial charge in [0.15, 0.2) is 0 Å². The van der Waals surface area contributed by atoms with Gasteiger partial charge in [-0.15, -0.1) is 0 Å². The Bertz CT molecular complexity index is 566. The van der Waals surface area contributed by atoms with Crippen molar-refractivity contribution in [1.82, 2.24) is 4.98 Å². The second kappa shape index (κ2) is 5.54. The van der Waals surface area contributed by atoms with Gasteiger partial charge in [0, 0.05) is 19.4 Å². The zero-order valence-electron chi connectivity index (χ0n) is 10.1. The average Bonchev–Trinajstić information content (AvgIpc) is 2.39. The van der Waals surface area contributed by atoms with Crippen molar-refractivity contribution < 1.29 is 23.1 Å². The lowest BCUT2D eigenvalue weighted by Gasteiger charge is -2.22. The molecule has 104 valence electrons. The van der Waals surface area contributed by atoms with E-state index in [0.29, 0.717) is 26.1 Å². The van der Waals surface area contributed by atoms with Gasteiger partial charge in [-0.05, 0) is 18.9 Å². The van der Waals surface area contributed by atoms with Crippen LogP contribution in [0.1, 0.15) is 23.2 Å². The predicted octanol–water partition coefficient (Wildman–Crippen LogP) is 0.700. The normalized spacial score (nSPS) is 17.1. The molecule has 0 atom stereocenters. The van der Waals surface area contributed by atoms with Crippen LogP contribution in [0.2, 0.25) is 0 Å². The van der Waals surface area contributed by atoms with E-state index in [1.54, 1.807) is 0 Å². The van der Waals surface area contributed by atoms with Crippen LogP contribution >= 0.6 is 0 Å². The summed E-state index contributed by atoms with van der Waals surface area (Å²) in [5.41, 5.74) is 0.0959. The molecule has 2 rings (SSSR count). The molecule has 1 aliphatic heterocycles. The monoisotopic (exact) mass is 286 g/mol. The highest BCUT2D eigenvalue weighted by molar-refractivity contribution is 7.93. The second-order valence-electron chi connectivity index (χ2n) is 4.23. The molecular formula is C11H14N2O5S. The molecule has 8 heteroatoms. The van der Waals surface area contributed by atoms with Gasteiger partial charge in [0.05, 0.1) is 22.7 Å². The maximum Gasteiger partial charge on any atom is 0.337 e. The Morgan fingerprint density at radius 1 is 1.37 bits per heavy atom. The van der Waals surface area contributed by atoms with Crippen molar-refractivity contribution in [3.8, 4) is 0 Å². The van der Waals surface area contributed by atoms with Gasteiger partial charge >= 0.3 is 5.97 Å². The van der Waals surface area contributed by atoms with Crippen LogP contribution in [0.3, 0.4) is 0 Å². The summed E-state index contributed by atoms with van der Waals surface area (Å²) in [5, 5.41) is 8.30. The molecule has 2 heterocycles. The first kappa shape index (κ1) is 13.8. The van der Waals surface area contributed by atoms with E-state index in [4.69, 9.17) is 9.84 Å². The van der Waals surface area contributed by atoms with Gasteiger partial charge in [0.1, 0.15) is 0 Å². The van der Waals surface area contributed by atoms with E-state index in [1.165, 1.54) is 12.3 Å². The number of hydrogen-bond acceptors (Lipinski definition) is 5. The number of aromatic nitrogens is 1. The Morgan fingerprint density at radius 2 is 2.05 bits per heavy atom. The summed E-state index contributed by atoms with van der Waals surface area (Å²) in [6.45, 7) is 0.831. The molecule has 1 aromatic rings. The number of hydrogen-bond donors (Lipinski definition) is 2. The van der Waals surface area contributed by atoms with Crippen LogP contribution in [0.25, 0.3) is 0 Å². The molecule has 0 bridgehead atoms. The number of ether oxygens (including phenoxy) is 1. The maximum atomic E-state index is 12.1. The lowest BCUT2D eigenvalue weighted by Crippen LogP contribution is -2.33. The molecule has 19 heavy (non-hydrogen) atoms. The largest absolute Gasteiger partial charge is 0.478 e. The number of carbonyl (C=O) groups is 1. The molecule has 2 N–H and O–H groups in total. The Balaban J connectivity index is 2.15. The maximum absolute atomic E-state index is 12.1. The highest BCUT2D eigenvalue weighted by Crippen LogP contribution is 2.19. The third-order valence-electron chi connectivity index (χ3n) is 2.85. The number of sulfonamides is 1. The van der Waals surface area contributed by atoms with Gasteiger partial charge in [-0.1, -0.05) is 0 Å². The van der Waals surface area contributed by atoms with Crippen molar-refractivity contribution in [2.75, 3.05) is 17.9 Å². The molecule has 0 spiro atoms. The van der Waals surface area contributed by atoms with Gasteiger partial charge in [-0.3, -0.25) is 9.71 Å². The smallest absolute Gasteiger partial charge is 0.337 e. The molecule has 0 radical (unpaired) electrons. The van der Waals surface area contributed by atoms with Crippen molar-refractivity contribution in [2.45, 2.75) is 18.1 Å². The third-order valence-corrected chi connectivity index (χ3v) is 4.72. The summed E-state index contributed by atoms with van der Waals surface area (Å²) in [5.74, 6) is -1.15. The number of nitrogens with one attached hydrogen (secondary N) is 1. The predicted molar refractivity (Wildman–Crippen MR) is 67.6 cm³/mol. The van der Waals surface area contributed by atoms with Crippen LogP contribution in [0.4, 0.5) is 5.69 Å². The van der Waals surface area contributed by atoms with Crippen molar-refractivity contribution in [2.24, 2.45) is 0 Å². The molecule has 0 unspecified atom stereocenters. The van der Waals surface area contributed by atoms with Gasteiger partial charge in [0.2, 0.25) is 10.0 Å². The van der Waals surface area contributed by atoms with Gasteiger partial charge < -0.3 is 9.84 Å². The molecular weight excluding hydrogens is 272 g/mol. The van der Waals surface area contributed by atoms with Crippen molar-refractivity contribution >= 4 is 21.7 Å². The number of pyridine rings is 1. The van der Waals surface area contributed by atoms with Gasteiger partial charge in [-0.25, -0.2) is 13.2 Å². The van der Waals surface area contributed by atoms with E-state index in [-0.39, 0.29) is 11.3 Å². The Hall–Kier alpha value is -1.67. The van der Waals surface area contributed by atoms with E-state index >= 15 is 0 Å². The van der Waals surface area contributed by atoms with Gasteiger partial charge in [-0.2, -0.15) is 0 Å². The Kier molecular flexibility index (Phi) is 4.01. The van der Waals surface area contributed by atoms with Crippen molar-refractivity contribution in [3.63, 3.8) is 0 Å². The summed E-state index contributed by atoms with van der Waals surface area (Å²) in [7, 11) is -3.54. The first-order chi connectivity index (χ1) is 8.99. The number of aromatic carboxylic acids is 1. The molecule has 1 saturated heterocycles. The third kappa shape index (κ3) is 3.42. The van der Waals surface area contributed by atoms with Crippen LogP contribution in [0, 0.1) is 0 Å². The van der Waals surface area contributed by atoms with E-state index in [9.17, 15) is 13.2 Å². The fraction of sp³-hybridized carbons (Fsp3) is 0.455. The zero-order chi connectivity index (χ0) is 13.9. The molecule has 1 fully saturated rings. The highest BCUT2D eigenvalue weighted by atomic mass is 32.2. The number of rotatable bonds is 4. The number of carboxylic acid groups (broad SMARTS) is 1. The van der Waals surface area contributed by atoms with Crippen LogP contribution in [0.15, 0.2) is 18.5 Å². The number of anilines is 1. The summed E-state index contributed by atoms with van der Waals surface area (Å²) >= 11 is 0. The molecule has 0 aromatic carbocycles. The van der Waals surface area contributed by atoms with Crippen LogP contribution in [-0.2, 0) is 14.8 Å². The Labute approximate surface area is 110 Å². The minimum absolute atomic E-state index is 0.0628. The first-order valence-electron chi connectivity index (χ1n) is 5.77. The fourth-order valence-electron chi connectivity index (χ4n) is 1.85. The highest BCUT2D eigenvalue weighted by Gasteiger charge is 2.27. The minimum Gasteiger partial charge on any atom is -0.478 e. The Morgan fingerprint density at radius 3 is 2.68 bits per heavy atom. The van der Waals surface area contributed by atoms with Crippen molar-refractivity contribution in [3.05, 3.63) is 24.0 Å². The number of carboxylic acids is 1. The lowest BCUT2D eigenvalue weighted by molar-refractivity contribution is 0.0696. The topological polar surface area (TPSA) is 106 Å². The summed E-state index contributed by atoms with van der Waals surface area (Å²) in [6.07, 6.45) is 3.31. The van der Waals surface area contributed by atoms with E-state index in [1.807, 2.05) is 0 Å². The van der Waals surface area contributed by atoms with E-state index in [2.05, 4.69) is 9.71 Å². The molecule has 1 aliphatic rings. The molecule has 0 saturated carbocycles. The van der Waals surface area contributed by atoms with Crippen LogP contribution < -0.4 is 4.72 Å². The van der Waals surface area contributed by atoms with E-state index in [0.717, 1.165) is 6.20 Å². The van der Waals surface area contributed by atoms with Gasteiger partial charge in [0.25, 0.3) is 0 Å². The van der Waals surface area contributed by atoms with E-state index < -0.39 is 21.2 Å². The summed E-state index contributed by atoms with van der Waals surface area (Å²) in [4.78, 5) is 14.5. The standard InChI is InChI=1S/C11H14N2O5S/c14-11(15)8-5-9(7-12-6-8)13-19(16,17)10-1-3-18-4-2-10/h5-7,10,13H,1-4H2,(H,14,15). The zero-order valence-corrected chi connectivity index (χ0v) is 10.9. The van der Waals surface area contributed by atoms with Crippen LogP contribution in [-0.4, -0.2) is 42.9 Å². The molecule has 1 aromatic heterocycles. The van der Waals surface area contributed by atoms with Crippen molar-refractivity contribution in [1.29, 1.82) is 0 Å². The molecule has 0 aliphatic carbocycles. The minimum atomic E-state index is -3.54. The quantitative estimate of drug-likeness (QED) is 0.844. The first-order valence-corrected chi connectivity index (χ1v) is 7.31. The SMILES string of the molecule is O=C(O)c1cncc(NS(=O)(=O)C2CCOCC2)c1. The summed E-state index contributed by atoms with van der Waals surface area (Å²) in [6, 6.07) is 1.24. The molecule has 7 nitrogen and oxygen atoms in total. The molecule has 0 amide bonds. The lowest BCUT2D eigenvalue weighted by atomic mass is 10.2. The number of nitrogens with zero attached hydrogens (tertiary/aromatic N) is 1. The summed E-state index contributed by atoms with van der Waals surface area (Å²) < 4.78 is 31.7.